The molecule has 2 aromatic rings. The van der Waals surface area contributed by atoms with Crippen molar-refractivity contribution in [2.75, 3.05) is 13.1 Å². The number of nitrogens with one attached hydrogen (secondary N) is 2. The average Bonchev–Trinajstić information content (AvgIpc) is 2.87. The third-order valence-corrected chi connectivity index (χ3v) is 3.12. The fraction of sp³-hybridized carbons (Fsp3) is 0.375. The molecule has 6 heteroatoms. The molecule has 0 amide bonds. The summed E-state index contributed by atoms with van der Waals surface area (Å²) in [5, 5.41) is 11.0. The van der Waals surface area contributed by atoms with Crippen molar-refractivity contribution in [2.45, 2.75) is 27.3 Å². The Kier molecular flexibility index (Phi) is 7.94. The van der Waals surface area contributed by atoms with E-state index in [1.165, 1.54) is 0 Å². The number of aliphatic imine (C=N–C) groups is 1. The van der Waals surface area contributed by atoms with Crippen molar-refractivity contribution in [3.63, 3.8) is 0 Å². The van der Waals surface area contributed by atoms with Crippen LogP contribution in [0.3, 0.4) is 0 Å². The third kappa shape index (κ3) is 5.01. The van der Waals surface area contributed by atoms with Crippen LogP contribution in [0.5, 0.6) is 0 Å². The Morgan fingerprint density at radius 2 is 1.77 bits per heavy atom. The highest BCUT2D eigenvalue weighted by atomic mass is 127. The van der Waals surface area contributed by atoms with Crippen LogP contribution in [0.1, 0.15) is 25.1 Å². The number of aryl methyl sites for hydroxylation is 1. The van der Waals surface area contributed by atoms with Crippen LogP contribution in [0.4, 0.5) is 0 Å². The van der Waals surface area contributed by atoms with E-state index < -0.39 is 0 Å². The highest BCUT2D eigenvalue weighted by Gasteiger charge is 2.06. The molecule has 0 spiro atoms. The van der Waals surface area contributed by atoms with Gasteiger partial charge in [0, 0.05) is 24.8 Å². The lowest BCUT2D eigenvalue weighted by Gasteiger charge is -2.08. The molecule has 22 heavy (non-hydrogen) atoms. The van der Waals surface area contributed by atoms with E-state index in [1.54, 1.807) is 0 Å². The summed E-state index contributed by atoms with van der Waals surface area (Å²) in [6, 6.07) is 10.1. The van der Waals surface area contributed by atoms with Gasteiger partial charge in [0.15, 0.2) is 5.96 Å². The van der Waals surface area contributed by atoms with E-state index >= 15 is 0 Å². The molecular weight excluding hydrogens is 389 g/mol. The van der Waals surface area contributed by atoms with Crippen LogP contribution in [-0.2, 0) is 6.54 Å². The van der Waals surface area contributed by atoms with Crippen molar-refractivity contribution in [2.24, 2.45) is 4.99 Å². The molecule has 0 unspecified atom stereocenters. The summed E-state index contributed by atoms with van der Waals surface area (Å²) in [4.78, 5) is 4.58. The van der Waals surface area contributed by atoms with Crippen molar-refractivity contribution in [1.82, 2.24) is 20.4 Å². The minimum Gasteiger partial charge on any atom is -0.357 e. The summed E-state index contributed by atoms with van der Waals surface area (Å²) >= 11 is 0. The first-order valence-corrected chi connectivity index (χ1v) is 7.37. The maximum Gasteiger partial charge on any atom is 0.191 e. The standard InChI is InChI=1S/C16H23N5.HI/c1-4-17-16(18-5-2)19-11-14-12-21(20-13(14)3)15-9-7-6-8-10-15;/h6-10,12H,4-5,11H2,1-3H3,(H2,17,18,19);1H. The predicted molar refractivity (Wildman–Crippen MR) is 102 cm³/mol. The maximum atomic E-state index is 4.58. The first-order valence-electron chi connectivity index (χ1n) is 7.37. The summed E-state index contributed by atoms with van der Waals surface area (Å²) in [6.45, 7) is 8.47. The number of rotatable bonds is 5. The van der Waals surface area contributed by atoms with Gasteiger partial charge in [-0.25, -0.2) is 9.67 Å². The predicted octanol–water partition coefficient (Wildman–Crippen LogP) is 2.87. The molecule has 0 saturated heterocycles. The number of nitrogens with zero attached hydrogens (tertiary/aromatic N) is 3. The Bertz CT molecular complexity index is 584. The molecule has 2 N–H and O–H groups in total. The maximum absolute atomic E-state index is 4.58. The van der Waals surface area contributed by atoms with Gasteiger partial charge in [-0.05, 0) is 32.9 Å². The monoisotopic (exact) mass is 413 g/mol. The lowest BCUT2D eigenvalue weighted by Crippen LogP contribution is -2.36. The van der Waals surface area contributed by atoms with Crippen LogP contribution in [0, 0.1) is 6.92 Å². The Morgan fingerprint density at radius 3 is 2.36 bits per heavy atom. The second-order valence-electron chi connectivity index (χ2n) is 4.75. The quantitative estimate of drug-likeness (QED) is 0.450. The molecular formula is C16H24IN5. The van der Waals surface area contributed by atoms with Crippen LogP contribution >= 0.6 is 24.0 Å². The van der Waals surface area contributed by atoms with Gasteiger partial charge >= 0.3 is 0 Å². The average molecular weight is 413 g/mol. The van der Waals surface area contributed by atoms with E-state index in [0.29, 0.717) is 6.54 Å². The highest BCUT2D eigenvalue weighted by Crippen LogP contribution is 2.12. The zero-order valence-corrected chi connectivity index (χ0v) is 15.7. The second kappa shape index (κ2) is 9.45. The lowest BCUT2D eigenvalue weighted by molar-refractivity contribution is 0.838. The summed E-state index contributed by atoms with van der Waals surface area (Å²) < 4.78 is 1.90. The molecule has 0 aliphatic heterocycles. The van der Waals surface area contributed by atoms with Crippen LogP contribution in [0.25, 0.3) is 5.69 Å². The molecule has 1 heterocycles. The van der Waals surface area contributed by atoms with Crippen LogP contribution in [-0.4, -0.2) is 28.8 Å². The number of halogens is 1. The van der Waals surface area contributed by atoms with Gasteiger partial charge in [0.25, 0.3) is 0 Å². The molecule has 0 atom stereocenters. The van der Waals surface area contributed by atoms with Crippen LogP contribution < -0.4 is 10.6 Å². The van der Waals surface area contributed by atoms with Gasteiger partial charge in [-0.2, -0.15) is 5.10 Å². The topological polar surface area (TPSA) is 54.2 Å². The van der Waals surface area contributed by atoms with Gasteiger partial charge in [0.2, 0.25) is 0 Å². The van der Waals surface area contributed by atoms with E-state index in [-0.39, 0.29) is 24.0 Å². The minimum absolute atomic E-state index is 0. The third-order valence-electron chi connectivity index (χ3n) is 3.12. The molecule has 0 aliphatic rings. The largest absolute Gasteiger partial charge is 0.357 e. The normalized spacial score (nSPS) is 9.77. The van der Waals surface area contributed by atoms with Crippen LogP contribution in [0.2, 0.25) is 0 Å². The molecule has 5 nitrogen and oxygen atoms in total. The van der Waals surface area contributed by atoms with Crippen molar-refractivity contribution in [3.8, 4) is 5.69 Å². The Hall–Kier alpha value is -1.57. The van der Waals surface area contributed by atoms with Crippen molar-refractivity contribution in [3.05, 3.63) is 47.8 Å². The molecule has 120 valence electrons. The second-order valence-corrected chi connectivity index (χ2v) is 4.75. The van der Waals surface area contributed by atoms with E-state index in [2.05, 4.69) is 34.6 Å². The van der Waals surface area contributed by atoms with Gasteiger partial charge < -0.3 is 10.6 Å². The number of guanidine groups is 1. The Labute approximate surface area is 149 Å². The van der Waals surface area contributed by atoms with Crippen molar-refractivity contribution in [1.29, 1.82) is 0 Å². The first kappa shape index (κ1) is 18.5. The number of aromatic nitrogens is 2. The van der Waals surface area contributed by atoms with E-state index in [4.69, 9.17) is 0 Å². The Balaban J connectivity index is 0.00000242. The van der Waals surface area contributed by atoms with Crippen molar-refractivity contribution >= 4 is 29.9 Å². The molecule has 2 rings (SSSR count). The fourth-order valence-electron chi connectivity index (χ4n) is 2.04. The first-order chi connectivity index (χ1) is 10.2. The molecule has 1 aromatic carbocycles. The minimum atomic E-state index is 0. The number of benzene rings is 1. The molecule has 0 bridgehead atoms. The number of hydrogen-bond acceptors (Lipinski definition) is 2. The Morgan fingerprint density at radius 1 is 1.14 bits per heavy atom. The van der Waals surface area contributed by atoms with Gasteiger partial charge in [0.1, 0.15) is 0 Å². The van der Waals surface area contributed by atoms with E-state index in [1.807, 2.05) is 48.1 Å². The molecule has 0 radical (unpaired) electrons. The summed E-state index contributed by atoms with van der Waals surface area (Å²) in [6.07, 6.45) is 2.05. The molecule has 0 saturated carbocycles. The molecule has 0 fully saturated rings. The van der Waals surface area contributed by atoms with E-state index in [9.17, 15) is 0 Å². The van der Waals surface area contributed by atoms with Gasteiger partial charge in [-0.1, -0.05) is 18.2 Å². The smallest absolute Gasteiger partial charge is 0.191 e. The molecule has 1 aromatic heterocycles. The van der Waals surface area contributed by atoms with Gasteiger partial charge in [-0.3, -0.25) is 0 Å². The summed E-state index contributed by atoms with van der Waals surface area (Å²) in [5.74, 6) is 0.840. The lowest BCUT2D eigenvalue weighted by atomic mass is 10.3. The number of para-hydroxylation sites is 1. The van der Waals surface area contributed by atoms with E-state index in [0.717, 1.165) is 36.0 Å². The summed E-state index contributed by atoms with van der Waals surface area (Å²) in [7, 11) is 0. The van der Waals surface area contributed by atoms with Gasteiger partial charge in [0.05, 0.1) is 17.9 Å². The van der Waals surface area contributed by atoms with Gasteiger partial charge in [-0.15, -0.1) is 24.0 Å². The number of hydrogen-bond donors (Lipinski definition) is 2. The summed E-state index contributed by atoms with van der Waals surface area (Å²) in [5.41, 5.74) is 3.21. The SMILES string of the molecule is CCNC(=NCc1cn(-c2ccccc2)nc1C)NCC.I. The van der Waals surface area contributed by atoms with Crippen molar-refractivity contribution < 1.29 is 0 Å². The molecule has 0 aliphatic carbocycles. The zero-order chi connectivity index (χ0) is 15.1. The fourth-order valence-corrected chi connectivity index (χ4v) is 2.04. The zero-order valence-electron chi connectivity index (χ0n) is 13.3. The van der Waals surface area contributed by atoms with Crippen LogP contribution in [0.15, 0.2) is 41.5 Å². The highest BCUT2D eigenvalue weighted by molar-refractivity contribution is 14.0.